The molecule has 3 rings (SSSR count). The van der Waals surface area contributed by atoms with Crippen molar-refractivity contribution in [2.45, 2.75) is 33.9 Å². The van der Waals surface area contributed by atoms with E-state index >= 15 is 0 Å². The van der Waals surface area contributed by atoms with Crippen molar-refractivity contribution in [3.05, 3.63) is 53.5 Å². The average Bonchev–Trinajstić information content (AvgIpc) is 3.22. The third-order valence-electron chi connectivity index (χ3n) is 4.28. The number of nitrogens with one attached hydrogen (secondary N) is 1. The van der Waals surface area contributed by atoms with E-state index in [1.54, 1.807) is 11.9 Å². The summed E-state index contributed by atoms with van der Waals surface area (Å²) in [6.07, 6.45) is 0. The molecule has 3 aromatic rings. The van der Waals surface area contributed by atoms with Crippen molar-refractivity contribution in [2.75, 3.05) is 12.4 Å². The van der Waals surface area contributed by atoms with Gasteiger partial charge in [0.15, 0.2) is 5.76 Å². The fraction of sp³-hybridized carbons (Fsp3) is 0.316. The minimum absolute atomic E-state index is 0.212. The molecule has 26 heavy (non-hydrogen) atoms. The van der Waals surface area contributed by atoms with Crippen LogP contribution >= 0.6 is 0 Å². The van der Waals surface area contributed by atoms with E-state index in [0.717, 1.165) is 29.2 Å². The van der Waals surface area contributed by atoms with Crippen LogP contribution in [-0.2, 0) is 13.1 Å². The molecule has 0 unspecified atom stereocenters. The van der Waals surface area contributed by atoms with Crippen molar-refractivity contribution in [1.82, 2.24) is 19.8 Å². The largest absolute Gasteiger partial charge is 0.356 e. The number of aryl methyl sites for hydroxylation is 2. The van der Waals surface area contributed by atoms with Crippen LogP contribution in [-0.4, -0.2) is 32.9 Å². The Labute approximate surface area is 152 Å². The molecule has 0 aliphatic carbocycles. The molecular formula is C19H23N5O2. The summed E-state index contributed by atoms with van der Waals surface area (Å²) in [4.78, 5) is 14.1. The number of aromatic nitrogens is 3. The van der Waals surface area contributed by atoms with Crippen LogP contribution in [0.25, 0.3) is 11.3 Å². The second-order valence-corrected chi connectivity index (χ2v) is 6.20. The molecule has 7 heteroatoms. The molecule has 0 saturated heterocycles. The minimum Gasteiger partial charge on any atom is -0.356 e. The molecule has 0 fully saturated rings. The van der Waals surface area contributed by atoms with E-state index in [9.17, 15) is 4.79 Å². The van der Waals surface area contributed by atoms with Crippen LogP contribution in [0, 0.1) is 13.8 Å². The first-order valence-corrected chi connectivity index (χ1v) is 8.56. The number of carbonyl (C=O) groups is 1. The molecule has 2 heterocycles. The molecule has 0 atom stereocenters. The maximum atomic E-state index is 12.5. The summed E-state index contributed by atoms with van der Waals surface area (Å²) in [5, 5.41) is 11.4. The van der Waals surface area contributed by atoms with Crippen molar-refractivity contribution in [3.8, 4) is 11.3 Å². The third kappa shape index (κ3) is 3.61. The van der Waals surface area contributed by atoms with Gasteiger partial charge in [-0.05, 0) is 20.8 Å². The highest BCUT2D eigenvalue weighted by Gasteiger charge is 2.17. The predicted molar refractivity (Wildman–Crippen MR) is 99.8 cm³/mol. The molecule has 2 aromatic heterocycles. The van der Waals surface area contributed by atoms with E-state index in [1.165, 1.54) is 0 Å². The lowest BCUT2D eigenvalue weighted by molar-refractivity contribution is 0.219. The molecule has 1 aromatic carbocycles. The fourth-order valence-corrected chi connectivity index (χ4v) is 2.83. The van der Waals surface area contributed by atoms with Gasteiger partial charge < -0.3 is 14.7 Å². The standard InChI is InChI=1S/C19H23N5O2/c1-5-24-14(3)18(13(2)21-24)20-19(25)23(4)12-16-11-17(26-22-16)15-9-7-6-8-10-15/h6-11H,5,12H2,1-4H3,(H,20,25). The zero-order valence-electron chi connectivity index (χ0n) is 15.5. The van der Waals surface area contributed by atoms with Crippen molar-refractivity contribution in [2.24, 2.45) is 0 Å². The number of urea groups is 1. The summed E-state index contributed by atoms with van der Waals surface area (Å²) in [7, 11) is 1.72. The zero-order chi connectivity index (χ0) is 18.7. The Morgan fingerprint density at radius 2 is 2.00 bits per heavy atom. The van der Waals surface area contributed by atoms with E-state index in [2.05, 4.69) is 15.6 Å². The molecule has 0 radical (unpaired) electrons. The first-order valence-electron chi connectivity index (χ1n) is 8.56. The van der Waals surface area contributed by atoms with Gasteiger partial charge >= 0.3 is 6.03 Å². The third-order valence-corrected chi connectivity index (χ3v) is 4.28. The van der Waals surface area contributed by atoms with E-state index in [-0.39, 0.29) is 6.03 Å². The van der Waals surface area contributed by atoms with Gasteiger partial charge in [0.1, 0.15) is 5.69 Å². The van der Waals surface area contributed by atoms with Gasteiger partial charge in [0.05, 0.1) is 23.6 Å². The van der Waals surface area contributed by atoms with Gasteiger partial charge in [0.2, 0.25) is 0 Å². The lowest BCUT2D eigenvalue weighted by atomic mass is 10.1. The minimum atomic E-state index is -0.212. The molecular weight excluding hydrogens is 330 g/mol. The van der Waals surface area contributed by atoms with Crippen molar-refractivity contribution >= 4 is 11.7 Å². The van der Waals surface area contributed by atoms with Crippen LogP contribution in [0.2, 0.25) is 0 Å². The van der Waals surface area contributed by atoms with E-state index in [4.69, 9.17) is 4.52 Å². The van der Waals surface area contributed by atoms with Gasteiger partial charge in [-0.15, -0.1) is 0 Å². The Hall–Kier alpha value is -3.09. The van der Waals surface area contributed by atoms with Crippen molar-refractivity contribution < 1.29 is 9.32 Å². The first-order chi connectivity index (χ1) is 12.5. The maximum Gasteiger partial charge on any atom is 0.322 e. The van der Waals surface area contributed by atoms with Crippen LogP contribution in [0.15, 0.2) is 40.9 Å². The number of amides is 2. The van der Waals surface area contributed by atoms with Gasteiger partial charge in [-0.3, -0.25) is 4.68 Å². The van der Waals surface area contributed by atoms with Gasteiger partial charge in [-0.25, -0.2) is 4.79 Å². The van der Waals surface area contributed by atoms with Crippen LogP contribution < -0.4 is 5.32 Å². The van der Waals surface area contributed by atoms with Gasteiger partial charge in [0, 0.05) is 25.2 Å². The number of nitrogens with zero attached hydrogens (tertiary/aromatic N) is 4. The molecule has 1 N–H and O–H groups in total. The summed E-state index contributed by atoms with van der Waals surface area (Å²) in [5.74, 6) is 0.685. The Kier molecular flexibility index (Phi) is 5.06. The summed E-state index contributed by atoms with van der Waals surface area (Å²) < 4.78 is 7.25. The highest BCUT2D eigenvalue weighted by Crippen LogP contribution is 2.22. The lowest BCUT2D eigenvalue weighted by Crippen LogP contribution is -2.31. The summed E-state index contributed by atoms with van der Waals surface area (Å²) in [6, 6.07) is 11.4. The Bertz CT molecular complexity index is 898. The second-order valence-electron chi connectivity index (χ2n) is 6.20. The number of hydrogen-bond donors (Lipinski definition) is 1. The summed E-state index contributed by atoms with van der Waals surface area (Å²) >= 11 is 0. The van der Waals surface area contributed by atoms with E-state index in [0.29, 0.717) is 18.0 Å². The molecule has 0 saturated carbocycles. The number of carbonyl (C=O) groups excluding carboxylic acids is 1. The van der Waals surface area contributed by atoms with Crippen molar-refractivity contribution in [1.29, 1.82) is 0 Å². The monoisotopic (exact) mass is 353 g/mol. The normalized spacial score (nSPS) is 10.8. The second kappa shape index (κ2) is 7.43. The molecule has 136 valence electrons. The smallest absolute Gasteiger partial charge is 0.322 e. The number of benzene rings is 1. The highest BCUT2D eigenvalue weighted by molar-refractivity contribution is 5.90. The maximum absolute atomic E-state index is 12.5. The van der Waals surface area contributed by atoms with Crippen LogP contribution in [0.3, 0.4) is 0 Å². The molecule has 0 bridgehead atoms. The Morgan fingerprint density at radius 3 is 2.65 bits per heavy atom. The van der Waals surface area contributed by atoms with Crippen LogP contribution in [0.4, 0.5) is 10.5 Å². The van der Waals surface area contributed by atoms with Gasteiger partial charge in [-0.1, -0.05) is 35.5 Å². The SMILES string of the molecule is CCn1nc(C)c(NC(=O)N(C)Cc2cc(-c3ccccc3)on2)c1C. The number of anilines is 1. The Morgan fingerprint density at radius 1 is 1.27 bits per heavy atom. The van der Waals surface area contributed by atoms with Gasteiger partial charge in [0.25, 0.3) is 0 Å². The molecule has 2 amide bonds. The van der Waals surface area contributed by atoms with Crippen LogP contribution in [0.5, 0.6) is 0 Å². The number of rotatable bonds is 5. The summed E-state index contributed by atoms with van der Waals surface area (Å²) in [6.45, 7) is 6.97. The first kappa shape index (κ1) is 17.7. The molecule has 0 aliphatic heterocycles. The molecule has 0 spiro atoms. The average molecular weight is 353 g/mol. The summed E-state index contributed by atoms with van der Waals surface area (Å²) in [5.41, 5.74) is 4.16. The Balaban J connectivity index is 1.67. The lowest BCUT2D eigenvalue weighted by Gasteiger charge is -2.16. The number of hydrogen-bond acceptors (Lipinski definition) is 4. The van der Waals surface area contributed by atoms with Gasteiger partial charge in [-0.2, -0.15) is 5.10 Å². The zero-order valence-corrected chi connectivity index (χ0v) is 15.5. The van der Waals surface area contributed by atoms with E-state index in [1.807, 2.05) is 61.9 Å². The molecule has 0 aliphatic rings. The predicted octanol–water partition coefficient (Wildman–Crippen LogP) is 3.84. The van der Waals surface area contributed by atoms with Crippen molar-refractivity contribution in [3.63, 3.8) is 0 Å². The quantitative estimate of drug-likeness (QED) is 0.756. The topological polar surface area (TPSA) is 76.2 Å². The molecule has 7 nitrogen and oxygen atoms in total. The van der Waals surface area contributed by atoms with Crippen LogP contribution in [0.1, 0.15) is 24.0 Å². The highest BCUT2D eigenvalue weighted by atomic mass is 16.5. The van der Waals surface area contributed by atoms with E-state index < -0.39 is 0 Å². The fourth-order valence-electron chi connectivity index (χ4n) is 2.83.